The van der Waals surface area contributed by atoms with E-state index in [2.05, 4.69) is 50.0 Å². The number of hydrogen-bond acceptors (Lipinski definition) is 9. The Kier molecular flexibility index (Phi) is 16.1. The predicted octanol–water partition coefficient (Wildman–Crippen LogP) is 6.17. The van der Waals surface area contributed by atoms with Crippen molar-refractivity contribution >= 4 is 12.0 Å². The van der Waals surface area contributed by atoms with Crippen molar-refractivity contribution in [3.63, 3.8) is 0 Å². The number of amides is 2. The summed E-state index contributed by atoms with van der Waals surface area (Å²) in [4.78, 5) is 31.8. The van der Waals surface area contributed by atoms with Gasteiger partial charge >= 0.3 is 6.09 Å². The molecule has 2 amide bonds. The molecule has 11 nitrogen and oxygen atoms in total. The number of carbonyl (C=O) groups excluding carboxylic acids is 2. The summed E-state index contributed by atoms with van der Waals surface area (Å²) in [6.07, 6.45) is 1.99. The minimum Gasteiger partial charge on any atom is -0.493 e. The van der Waals surface area contributed by atoms with Gasteiger partial charge in [0.1, 0.15) is 11.3 Å². The molecular formula is C39H67N3O8. The number of benzene rings is 1. The molecule has 2 heterocycles. The van der Waals surface area contributed by atoms with Gasteiger partial charge in [0.15, 0.2) is 11.5 Å². The average Bonchev–Trinajstić information content (AvgIpc) is 3.29. The van der Waals surface area contributed by atoms with Crippen LogP contribution in [0.2, 0.25) is 0 Å². The molecule has 2 fully saturated rings. The Labute approximate surface area is 302 Å². The first kappa shape index (κ1) is 41.8. The van der Waals surface area contributed by atoms with Gasteiger partial charge in [-0.25, -0.2) is 4.79 Å². The number of carbonyl (C=O) groups is 2. The standard InChI is InChI=1S/C39H67N3O8/c1-27(2)30(23-29-13-14-33(46-11)35(24-29)48-20-12-19-45-10)25-32-34(49-39(8,9)42(32)37(44)50-38(5,6)7)26-31(28(3)4)36(43)40-15-16-41-17-21-47-22-18-41/h13-14,24,27-28,30-32,34H,12,15-23,25-26H2,1-11H3,(H,40,43)/t30-,31-,32?,34?/m0/s1. The van der Waals surface area contributed by atoms with Gasteiger partial charge in [-0.1, -0.05) is 33.8 Å². The van der Waals surface area contributed by atoms with Crippen molar-refractivity contribution in [1.82, 2.24) is 15.1 Å². The van der Waals surface area contributed by atoms with E-state index in [1.165, 1.54) is 0 Å². The van der Waals surface area contributed by atoms with E-state index in [0.717, 1.165) is 51.3 Å². The van der Waals surface area contributed by atoms with E-state index in [9.17, 15) is 9.59 Å². The summed E-state index contributed by atoms with van der Waals surface area (Å²) in [6.45, 7) is 23.9. The zero-order chi connectivity index (χ0) is 37.1. The van der Waals surface area contributed by atoms with Crippen LogP contribution < -0.4 is 14.8 Å². The van der Waals surface area contributed by atoms with Gasteiger partial charge < -0.3 is 33.7 Å². The van der Waals surface area contributed by atoms with Gasteiger partial charge in [-0.2, -0.15) is 0 Å². The van der Waals surface area contributed by atoms with Crippen LogP contribution in [0.3, 0.4) is 0 Å². The second kappa shape index (κ2) is 19.3. The Morgan fingerprint density at radius 3 is 2.30 bits per heavy atom. The predicted molar refractivity (Wildman–Crippen MR) is 196 cm³/mol. The first-order valence-corrected chi connectivity index (χ1v) is 18.6. The lowest BCUT2D eigenvalue weighted by molar-refractivity contribution is -0.129. The molecule has 0 aromatic heterocycles. The number of hydrogen-bond donors (Lipinski definition) is 1. The molecule has 1 aromatic rings. The summed E-state index contributed by atoms with van der Waals surface area (Å²) >= 11 is 0. The quantitative estimate of drug-likeness (QED) is 0.180. The maximum atomic E-state index is 13.9. The van der Waals surface area contributed by atoms with Crippen molar-refractivity contribution < 1.29 is 38.0 Å². The van der Waals surface area contributed by atoms with Crippen LogP contribution in [0, 0.1) is 23.7 Å². The van der Waals surface area contributed by atoms with E-state index in [4.69, 9.17) is 28.4 Å². The van der Waals surface area contributed by atoms with Gasteiger partial charge in [-0.15, -0.1) is 0 Å². The molecule has 2 aliphatic rings. The molecule has 50 heavy (non-hydrogen) atoms. The van der Waals surface area contributed by atoms with Gasteiger partial charge in [-0.3, -0.25) is 14.6 Å². The minimum absolute atomic E-state index is 0.0285. The maximum absolute atomic E-state index is 13.9. The van der Waals surface area contributed by atoms with Crippen LogP contribution in [0.25, 0.3) is 0 Å². The van der Waals surface area contributed by atoms with Crippen LogP contribution >= 0.6 is 0 Å². The van der Waals surface area contributed by atoms with Crippen molar-refractivity contribution in [3.8, 4) is 11.5 Å². The summed E-state index contributed by atoms with van der Waals surface area (Å²) < 4.78 is 35.1. The molecule has 0 aliphatic carbocycles. The number of rotatable bonds is 18. The molecule has 4 atom stereocenters. The fourth-order valence-corrected chi connectivity index (χ4v) is 6.98. The Bertz CT molecular complexity index is 1190. The third-order valence-corrected chi connectivity index (χ3v) is 9.79. The highest BCUT2D eigenvalue weighted by Crippen LogP contribution is 2.41. The Morgan fingerprint density at radius 2 is 1.70 bits per heavy atom. The summed E-state index contributed by atoms with van der Waals surface area (Å²) in [5.41, 5.74) is -0.460. The lowest BCUT2D eigenvalue weighted by atomic mass is 9.80. The van der Waals surface area contributed by atoms with Gasteiger partial charge in [0, 0.05) is 52.2 Å². The first-order valence-electron chi connectivity index (χ1n) is 18.6. The van der Waals surface area contributed by atoms with Crippen molar-refractivity contribution in [1.29, 1.82) is 0 Å². The molecule has 0 saturated carbocycles. The van der Waals surface area contributed by atoms with E-state index in [0.29, 0.717) is 50.0 Å². The number of morpholine rings is 1. The molecule has 286 valence electrons. The van der Waals surface area contributed by atoms with Crippen LogP contribution in [-0.2, 0) is 30.2 Å². The molecule has 2 unspecified atom stereocenters. The normalized spacial score (nSPS) is 20.9. The van der Waals surface area contributed by atoms with E-state index < -0.39 is 17.4 Å². The Balaban J connectivity index is 1.87. The number of nitrogens with one attached hydrogen (secondary N) is 1. The van der Waals surface area contributed by atoms with E-state index in [1.807, 2.05) is 40.7 Å². The van der Waals surface area contributed by atoms with Gasteiger partial charge in [0.2, 0.25) is 5.91 Å². The van der Waals surface area contributed by atoms with E-state index >= 15 is 0 Å². The summed E-state index contributed by atoms with van der Waals surface area (Å²) in [6, 6.07) is 5.82. The van der Waals surface area contributed by atoms with Gasteiger partial charge in [0.25, 0.3) is 0 Å². The highest BCUT2D eigenvalue weighted by atomic mass is 16.6. The maximum Gasteiger partial charge on any atom is 0.412 e. The fraction of sp³-hybridized carbons (Fsp3) is 0.795. The Morgan fingerprint density at radius 1 is 1.00 bits per heavy atom. The van der Waals surface area contributed by atoms with Gasteiger partial charge in [0.05, 0.1) is 39.1 Å². The SMILES string of the molecule is COCCCOc1cc(C[C@@H](CC2C(C[C@H](C(=O)NCCN3CCOCC3)C(C)C)OC(C)(C)N2C(=O)OC(C)(C)C)C(C)C)ccc1OC. The molecule has 0 radical (unpaired) electrons. The molecule has 11 heteroatoms. The number of ether oxygens (including phenoxy) is 6. The average molecular weight is 706 g/mol. The molecule has 0 bridgehead atoms. The molecule has 1 N–H and O–H groups in total. The van der Waals surface area contributed by atoms with Crippen LogP contribution in [0.4, 0.5) is 4.79 Å². The molecule has 2 aliphatic heterocycles. The molecule has 1 aromatic carbocycles. The summed E-state index contributed by atoms with van der Waals surface area (Å²) in [7, 11) is 3.33. The molecule has 3 rings (SSSR count). The third kappa shape index (κ3) is 12.6. The fourth-order valence-electron chi connectivity index (χ4n) is 6.98. The van der Waals surface area contributed by atoms with Crippen LogP contribution in [0.1, 0.15) is 87.1 Å². The van der Waals surface area contributed by atoms with Gasteiger partial charge in [-0.05, 0) is 89.3 Å². The second-order valence-corrected chi connectivity index (χ2v) is 16.0. The smallest absolute Gasteiger partial charge is 0.412 e. The van der Waals surface area contributed by atoms with Crippen molar-refractivity contribution in [3.05, 3.63) is 23.8 Å². The molecular weight excluding hydrogens is 638 g/mol. The first-order chi connectivity index (χ1) is 23.6. The van der Waals surface area contributed by atoms with Crippen LogP contribution in [0.5, 0.6) is 11.5 Å². The second-order valence-electron chi connectivity index (χ2n) is 16.0. The van der Waals surface area contributed by atoms with Crippen molar-refractivity contribution in [2.45, 2.75) is 111 Å². The van der Waals surface area contributed by atoms with Crippen LogP contribution in [0.15, 0.2) is 18.2 Å². The topological polar surface area (TPSA) is 108 Å². The van der Waals surface area contributed by atoms with E-state index in [1.54, 1.807) is 19.1 Å². The number of methoxy groups -OCH3 is 2. The summed E-state index contributed by atoms with van der Waals surface area (Å²) in [5, 5.41) is 3.20. The highest BCUT2D eigenvalue weighted by molar-refractivity contribution is 5.79. The van der Waals surface area contributed by atoms with Crippen molar-refractivity contribution in [2.75, 3.05) is 66.8 Å². The monoisotopic (exact) mass is 705 g/mol. The van der Waals surface area contributed by atoms with E-state index in [-0.39, 0.29) is 35.8 Å². The Hall–Kier alpha value is -2.60. The lowest BCUT2D eigenvalue weighted by Gasteiger charge is -2.37. The van der Waals surface area contributed by atoms with Crippen LogP contribution in [-0.4, -0.2) is 112 Å². The molecule has 0 spiro atoms. The van der Waals surface area contributed by atoms with Crippen molar-refractivity contribution in [2.24, 2.45) is 23.7 Å². The minimum atomic E-state index is -0.920. The highest BCUT2D eigenvalue weighted by Gasteiger charge is 2.52. The number of nitrogens with zero attached hydrogens (tertiary/aromatic N) is 2. The summed E-state index contributed by atoms with van der Waals surface area (Å²) in [5.74, 6) is 1.74. The zero-order valence-corrected chi connectivity index (χ0v) is 32.8. The zero-order valence-electron chi connectivity index (χ0n) is 32.8. The lowest BCUT2D eigenvalue weighted by Crippen LogP contribution is -2.51. The molecule has 2 saturated heterocycles. The third-order valence-electron chi connectivity index (χ3n) is 9.79. The largest absolute Gasteiger partial charge is 0.493 e.